The van der Waals surface area contributed by atoms with E-state index < -0.39 is 0 Å². The van der Waals surface area contributed by atoms with Crippen molar-refractivity contribution in [2.45, 2.75) is 19.3 Å². The largest absolute Gasteiger partial charge is 0.496 e. The molecule has 0 radical (unpaired) electrons. The molecular weight excluding hydrogens is 242 g/mol. The molecule has 1 saturated heterocycles. The Hall–Kier alpha value is -1.26. The van der Waals surface area contributed by atoms with Crippen LogP contribution in [0.2, 0.25) is 0 Å². The van der Waals surface area contributed by atoms with Gasteiger partial charge in [-0.25, -0.2) is 0 Å². The predicted octanol–water partition coefficient (Wildman–Crippen LogP) is 1.88. The second-order valence-electron chi connectivity index (χ2n) is 5.26. The predicted molar refractivity (Wildman–Crippen MR) is 75.0 cm³/mol. The van der Waals surface area contributed by atoms with Crippen molar-refractivity contribution in [1.82, 2.24) is 0 Å². The summed E-state index contributed by atoms with van der Waals surface area (Å²) in [7, 11) is 3.37. The van der Waals surface area contributed by atoms with E-state index in [4.69, 9.17) is 19.9 Å². The molecule has 4 nitrogen and oxygen atoms in total. The summed E-state index contributed by atoms with van der Waals surface area (Å²) in [6, 6.07) is 4.08. The maximum absolute atomic E-state index is 5.87. The van der Waals surface area contributed by atoms with Gasteiger partial charge in [-0.3, -0.25) is 0 Å². The van der Waals surface area contributed by atoms with Gasteiger partial charge >= 0.3 is 0 Å². The second-order valence-corrected chi connectivity index (χ2v) is 5.26. The number of ether oxygens (including phenoxy) is 3. The molecular formula is C15H23NO3. The topological polar surface area (TPSA) is 53.7 Å². The van der Waals surface area contributed by atoms with Crippen molar-refractivity contribution in [2.75, 3.05) is 34.0 Å². The summed E-state index contributed by atoms with van der Waals surface area (Å²) in [5.74, 6) is 2.09. The summed E-state index contributed by atoms with van der Waals surface area (Å²) in [4.78, 5) is 0. The Balaban J connectivity index is 2.52. The molecule has 1 aromatic carbocycles. The average molecular weight is 265 g/mol. The first-order valence-corrected chi connectivity index (χ1v) is 6.60. The molecule has 2 N–H and O–H groups in total. The first-order chi connectivity index (χ1) is 9.10. The molecule has 0 amide bonds. The van der Waals surface area contributed by atoms with Crippen molar-refractivity contribution in [3.05, 3.63) is 23.3 Å². The van der Waals surface area contributed by atoms with Crippen LogP contribution in [0.5, 0.6) is 11.5 Å². The highest BCUT2D eigenvalue weighted by Gasteiger charge is 2.46. The highest BCUT2D eigenvalue weighted by atomic mass is 16.5. The van der Waals surface area contributed by atoms with E-state index in [2.05, 4.69) is 13.0 Å². The molecule has 106 valence electrons. The Morgan fingerprint density at radius 3 is 2.42 bits per heavy atom. The maximum atomic E-state index is 5.87. The fourth-order valence-electron chi connectivity index (χ4n) is 2.80. The van der Waals surface area contributed by atoms with Gasteiger partial charge in [0.1, 0.15) is 11.5 Å². The van der Waals surface area contributed by atoms with E-state index in [0.717, 1.165) is 17.1 Å². The zero-order valence-corrected chi connectivity index (χ0v) is 12.2. The van der Waals surface area contributed by atoms with Crippen LogP contribution in [-0.4, -0.2) is 34.0 Å². The zero-order valence-electron chi connectivity index (χ0n) is 12.2. The first-order valence-electron chi connectivity index (χ1n) is 6.60. The van der Waals surface area contributed by atoms with Crippen molar-refractivity contribution in [3.8, 4) is 11.5 Å². The van der Waals surface area contributed by atoms with Crippen LogP contribution in [0, 0.1) is 12.8 Å². The number of nitrogens with two attached hydrogens (primary N) is 1. The summed E-state index contributed by atoms with van der Waals surface area (Å²) >= 11 is 0. The molecule has 0 saturated carbocycles. The molecule has 0 aliphatic carbocycles. The Labute approximate surface area is 114 Å². The van der Waals surface area contributed by atoms with Crippen LogP contribution in [0.3, 0.4) is 0 Å². The molecule has 1 heterocycles. The summed E-state index contributed by atoms with van der Waals surface area (Å²) in [6.07, 6.45) is 0. The number of hydrogen-bond donors (Lipinski definition) is 1. The zero-order chi connectivity index (χ0) is 14.0. The normalized spacial score (nSPS) is 18.6. The van der Waals surface area contributed by atoms with Gasteiger partial charge in [-0.05, 0) is 25.5 Å². The molecule has 0 aromatic heterocycles. The third-order valence-electron chi connectivity index (χ3n) is 4.33. The van der Waals surface area contributed by atoms with Gasteiger partial charge in [-0.1, -0.05) is 13.0 Å². The number of methoxy groups -OCH3 is 2. The highest BCUT2D eigenvalue weighted by Crippen LogP contribution is 2.46. The van der Waals surface area contributed by atoms with Crippen molar-refractivity contribution in [3.63, 3.8) is 0 Å². The molecule has 1 atom stereocenters. The van der Waals surface area contributed by atoms with E-state index in [1.54, 1.807) is 14.2 Å². The van der Waals surface area contributed by atoms with E-state index in [1.165, 1.54) is 5.56 Å². The van der Waals surface area contributed by atoms with Crippen molar-refractivity contribution in [2.24, 2.45) is 11.7 Å². The lowest BCUT2D eigenvalue weighted by molar-refractivity contribution is -0.0863. The summed E-state index contributed by atoms with van der Waals surface area (Å²) in [5, 5.41) is 0. The molecule has 0 spiro atoms. The lowest BCUT2D eigenvalue weighted by Gasteiger charge is -2.47. The smallest absolute Gasteiger partial charge is 0.129 e. The van der Waals surface area contributed by atoms with Gasteiger partial charge in [0.25, 0.3) is 0 Å². The minimum absolute atomic E-state index is 0.0306. The Bertz CT molecular complexity index is 455. The van der Waals surface area contributed by atoms with Gasteiger partial charge < -0.3 is 19.9 Å². The maximum Gasteiger partial charge on any atom is 0.129 e. The van der Waals surface area contributed by atoms with E-state index >= 15 is 0 Å². The van der Waals surface area contributed by atoms with Crippen LogP contribution < -0.4 is 15.2 Å². The molecule has 1 aliphatic heterocycles. The summed E-state index contributed by atoms with van der Waals surface area (Å²) in [5.41, 5.74) is 8.04. The lowest BCUT2D eigenvalue weighted by Crippen LogP contribution is -2.53. The molecule has 1 aliphatic rings. The average Bonchev–Trinajstić information content (AvgIpc) is 2.37. The second kappa shape index (κ2) is 5.39. The number of benzene rings is 1. The van der Waals surface area contributed by atoms with Crippen molar-refractivity contribution >= 4 is 0 Å². The minimum atomic E-state index is -0.0306. The van der Waals surface area contributed by atoms with Crippen LogP contribution in [-0.2, 0) is 10.2 Å². The molecule has 4 heteroatoms. The third kappa shape index (κ3) is 2.09. The van der Waals surface area contributed by atoms with Gasteiger partial charge in [0.2, 0.25) is 0 Å². The van der Waals surface area contributed by atoms with Gasteiger partial charge in [0.15, 0.2) is 0 Å². The van der Waals surface area contributed by atoms with Gasteiger partial charge in [-0.15, -0.1) is 0 Å². The van der Waals surface area contributed by atoms with Crippen LogP contribution in [0.25, 0.3) is 0 Å². The Morgan fingerprint density at radius 2 is 2.00 bits per heavy atom. The molecule has 1 fully saturated rings. The fraction of sp³-hybridized carbons (Fsp3) is 0.600. The molecule has 1 unspecified atom stereocenters. The fourth-order valence-corrected chi connectivity index (χ4v) is 2.80. The molecule has 2 rings (SSSR count). The Morgan fingerprint density at radius 1 is 1.32 bits per heavy atom. The third-order valence-corrected chi connectivity index (χ3v) is 4.33. The van der Waals surface area contributed by atoms with Gasteiger partial charge in [0, 0.05) is 16.5 Å². The number of hydrogen-bond acceptors (Lipinski definition) is 4. The highest BCUT2D eigenvalue weighted by molar-refractivity contribution is 5.53. The molecule has 1 aromatic rings. The number of rotatable bonds is 5. The van der Waals surface area contributed by atoms with Crippen molar-refractivity contribution in [1.29, 1.82) is 0 Å². The minimum Gasteiger partial charge on any atom is -0.496 e. The van der Waals surface area contributed by atoms with Crippen LogP contribution >= 0.6 is 0 Å². The summed E-state index contributed by atoms with van der Waals surface area (Å²) < 4.78 is 16.4. The van der Waals surface area contributed by atoms with Crippen LogP contribution in [0.15, 0.2) is 12.1 Å². The van der Waals surface area contributed by atoms with E-state index in [0.29, 0.717) is 25.7 Å². The van der Waals surface area contributed by atoms with Crippen LogP contribution in [0.1, 0.15) is 18.1 Å². The van der Waals surface area contributed by atoms with E-state index in [-0.39, 0.29) is 5.41 Å². The molecule has 19 heavy (non-hydrogen) atoms. The first kappa shape index (κ1) is 14.2. The lowest BCUT2D eigenvalue weighted by atomic mass is 9.68. The quantitative estimate of drug-likeness (QED) is 0.883. The Kier molecular flexibility index (Phi) is 4.02. The van der Waals surface area contributed by atoms with Gasteiger partial charge in [0.05, 0.1) is 27.4 Å². The molecule has 0 bridgehead atoms. The monoisotopic (exact) mass is 265 g/mol. The van der Waals surface area contributed by atoms with E-state index in [1.807, 2.05) is 13.0 Å². The van der Waals surface area contributed by atoms with E-state index in [9.17, 15) is 0 Å². The summed E-state index contributed by atoms with van der Waals surface area (Å²) in [6.45, 7) is 6.22. The SMILES string of the molecule is COc1ccc(C2(C(C)CN)COC2)c(OC)c1C. The van der Waals surface area contributed by atoms with Crippen molar-refractivity contribution < 1.29 is 14.2 Å². The van der Waals surface area contributed by atoms with Gasteiger partial charge in [-0.2, -0.15) is 0 Å². The van der Waals surface area contributed by atoms with Crippen LogP contribution in [0.4, 0.5) is 0 Å². The standard InChI is InChI=1S/C15H23NO3/c1-10(7-16)15(8-19-9-15)12-5-6-13(17-3)11(2)14(12)18-4/h5-6,10H,7-9,16H2,1-4H3.